The van der Waals surface area contributed by atoms with E-state index in [1.165, 1.54) is 0 Å². The maximum Gasteiger partial charge on any atom is 0.171 e. The summed E-state index contributed by atoms with van der Waals surface area (Å²) >= 11 is 0. The minimum Gasteiger partial charge on any atom is -0.394 e. The second kappa shape index (κ2) is 4.35. The van der Waals surface area contributed by atoms with Gasteiger partial charge in [-0.25, -0.2) is 0 Å². The molecular formula is C10H20N4. The van der Waals surface area contributed by atoms with Crippen molar-refractivity contribution in [2.45, 2.75) is 20.8 Å². The first-order valence-electron chi connectivity index (χ1n) is 5.03. The zero-order chi connectivity index (χ0) is 10.7. The van der Waals surface area contributed by atoms with Gasteiger partial charge in [0, 0.05) is 19.8 Å². The van der Waals surface area contributed by atoms with Crippen molar-refractivity contribution >= 4 is 11.5 Å². The van der Waals surface area contributed by atoms with Crippen LogP contribution in [-0.4, -0.2) is 16.3 Å². The summed E-state index contributed by atoms with van der Waals surface area (Å²) in [5, 5.41) is 7.48. The molecular weight excluding hydrogens is 176 g/mol. The van der Waals surface area contributed by atoms with Gasteiger partial charge < -0.3 is 11.1 Å². The molecule has 4 heteroatoms. The van der Waals surface area contributed by atoms with E-state index in [1.807, 2.05) is 13.2 Å². The second-order valence-corrected chi connectivity index (χ2v) is 4.21. The highest BCUT2D eigenvalue weighted by molar-refractivity contribution is 5.59. The Morgan fingerprint density at radius 3 is 2.57 bits per heavy atom. The Morgan fingerprint density at radius 2 is 2.14 bits per heavy atom. The van der Waals surface area contributed by atoms with Gasteiger partial charge in [0.2, 0.25) is 0 Å². The molecule has 1 aromatic heterocycles. The highest BCUT2D eigenvalue weighted by Crippen LogP contribution is 2.16. The van der Waals surface area contributed by atoms with Crippen LogP contribution in [0.5, 0.6) is 0 Å². The van der Waals surface area contributed by atoms with Crippen LogP contribution in [0, 0.1) is 11.8 Å². The minimum atomic E-state index is 0.622. The van der Waals surface area contributed by atoms with Crippen LogP contribution in [0.15, 0.2) is 6.20 Å². The fraction of sp³-hybridized carbons (Fsp3) is 0.700. The Labute approximate surface area is 85.5 Å². The molecule has 0 amide bonds. The van der Waals surface area contributed by atoms with Gasteiger partial charge in [-0.3, -0.25) is 4.68 Å². The Morgan fingerprint density at radius 1 is 1.50 bits per heavy atom. The van der Waals surface area contributed by atoms with Gasteiger partial charge >= 0.3 is 0 Å². The van der Waals surface area contributed by atoms with Gasteiger partial charge in [-0.05, 0) is 11.8 Å². The van der Waals surface area contributed by atoms with Crippen molar-refractivity contribution in [2.24, 2.45) is 18.9 Å². The van der Waals surface area contributed by atoms with E-state index >= 15 is 0 Å². The third-order valence-electron chi connectivity index (χ3n) is 2.59. The molecule has 0 radical (unpaired) electrons. The van der Waals surface area contributed by atoms with Gasteiger partial charge in [0.15, 0.2) is 5.82 Å². The van der Waals surface area contributed by atoms with Gasteiger partial charge in [-0.1, -0.05) is 20.8 Å². The van der Waals surface area contributed by atoms with Gasteiger partial charge in [-0.2, -0.15) is 5.10 Å². The maximum absolute atomic E-state index is 5.76. The number of anilines is 2. The minimum absolute atomic E-state index is 0.622. The molecule has 80 valence electrons. The first-order valence-corrected chi connectivity index (χ1v) is 5.03. The summed E-state index contributed by atoms with van der Waals surface area (Å²) in [6, 6.07) is 0. The van der Waals surface area contributed by atoms with Crippen molar-refractivity contribution in [1.82, 2.24) is 9.78 Å². The first kappa shape index (κ1) is 10.9. The van der Waals surface area contributed by atoms with Crippen molar-refractivity contribution in [3.05, 3.63) is 6.20 Å². The Balaban J connectivity index is 2.49. The Hall–Kier alpha value is -1.19. The van der Waals surface area contributed by atoms with Crippen molar-refractivity contribution in [2.75, 3.05) is 17.6 Å². The van der Waals surface area contributed by atoms with Gasteiger partial charge in [0.1, 0.15) is 0 Å². The van der Waals surface area contributed by atoms with E-state index in [9.17, 15) is 0 Å². The van der Waals surface area contributed by atoms with Crippen molar-refractivity contribution in [3.8, 4) is 0 Å². The summed E-state index contributed by atoms with van der Waals surface area (Å²) in [5.41, 5.74) is 6.47. The predicted molar refractivity (Wildman–Crippen MR) is 60.1 cm³/mol. The Kier molecular flexibility index (Phi) is 3.38. The van der Waals surface area contributed by atoms with Crippen molar-refractivity contribution in [1.29, 1.82) is 0 Å². The van der Waals surface area contributed by atoms with Crippen LogP contribution in [0.1, 0.15) is 20.8 Å². The lowest BCUT2D eigenvalue weighted by atomic mass is 9.98. The van der Waals surface area contributed by atoms with Crippen LogP contribution < -0.4 is 11.1 Å². The van der Waals surface area contributed by atoms with E-state index < -0.39 is 0 Å². The lowest BCUT2D eigenvalue weighted by Crippen LogP contribution is -2.17. The number of aromatic nitrogens is 2. The van der Waals surface area contributed by atoms with Gasteiger partial charge in [0.25, 0.3) is 0 Å². The summed E-state index contributed by atoms with van der Waals surface area (Å²) in [7, 11) is 1.87. The number of hydrogen-bond acceptors (Lipinski definition) is 3. The zero-order valence-corrected chi connectivity index (χ0v) is 9.41. The number of nitrogens with one attached hydrogen (secondary N) is 1. The van der Waals surface area contributed by atoms with Crippen molar-refractivity contribution in [3.63, 3.8) is 0 Å². The van der Waals surface area contributed by atoms with Gasteiger partial charge in [-0.15, -0.1) is 0 Å². The van der Waals surface area contributed by atoms with E-state index in [4.69, 9.17) is 5.73 Å². The molecule has 14 heavy (non-hydrogen) atoms. The zero-order valence-electron chi connectivity index (χ0n) is 9.41. The lowest BCUT2D eigenvalue weighted by Gasteiger charge is -2.15. The average molecular weight is 196 g/mol. The predicted octanol–water partition coefficient (Wildman–Crippen LogP) is 1.71. The largest absolute Gasteiger partial charge is 0.394 e. The quantitative estimate of drug-likeness (QED) is 0.770. The van der Waals surface area contributed by atoms with Crippen LogP contribution >= 0.6 is 0 Å². The van der Waals surface area contributed by atoms with Crippen LogP contribution in [0.25, 0.3) is 0 Å². The molecule has 1 rings (SSSR count). The molecule has 0 saturated carbocycles. The summed E-state index contributed by atoms with van der Waals surface area (Å²) in [6.07, 6.45) is 1.81. The van der Waals surface area contributed by atoms with E-state index in [-0.39, 0.29) is 0 Å². The summed E-state index contributed by atoms with van der Waals surface area (Å²) in [4.78, 5) is 0. The molecule has 1 aromatic rings. The smallest absolute Gasteiger partial charge is 0.171 e. The molecule has 0 aliphatic rings. The molecule has 1 heterocycles. The highest BCUT2D eigenvalue weighted by Gasteiger charge is 2.09. The molecule has 3 N–H and O–H groups in total. The Bertz CT molecular complexity index is 290. The van der Waals surface area contributed by atoms with E-state index in [2.05, 4.69) is 31.2 Å². The topological polar surface area (TPSA) is 55.9 Å². The molecule has 0 aliphatic heterocycles. The van der Waals surface area contributed by atoms with Crippen LogP contribution in [0.4, 0.5) is 11.5 Å². The summed E-state index contributed by atoms with van der Waals surface area (Å²) in [5.74, 6) is 2.09. The number of nitrogens with zero attached hydrogens (tertiary/aromatic N) is 2. The van der Waals surface area contributed by atoms with Crippen molar-refractivity contribution < 1.29 is 0 Å². The molecule has 1 atom stereocenters. The molecule has 0 aliphatic carbocycles. The van der Waals surface area contributed by atoms with E-state index in [1.54, 1.807) is 4.68 Å². The van der Waals surface area contributed by atoms with E-state index in [0.717, 1.165) is 12.4 Å². The van der Waals surface area contributed by atoms with E-state index in [0.29, 0.717) is 17.5 Å². The number of nitrogens with two attached hydrogens (primary N) is 1. The highest BCUT2D eigenvalue weighted by atomic mass is 15.3. The van der Waals surface area contributed by atoms with Crippen LogP contribution in [0.2, 0.25) is 0 Å². The molecule has 0 saturated heterocycles. The second-order valence-electron chi connectivity index (χ2n) is 4.21. The normalized spacial score (nSPS) is 13.2. The van der Waals surface area contributed by atoms with Crippen LogP contribution in [0.3, 0.4) is 0 Å². The first-order chi connectivity index (χ1) is 6.50. The van der Waals surface area contributed by atoms with Crippen LogP contribution in [-0.2, 0) is 7.05 Å². The molecule has 4 nitrogen and oxygen atoms in total. The molecule has 1 unspecified atom stereocenters. The third kappa shape index (κ3) is 2.65. The number of hydrogen-bond donors (Lipinski definition) is 2. The van der Waals surface area contributed by atoms with Gasteiger partial charge in [0.05, 0.1) is 5.69 Å². The fourth-order valence-corrected chi connectivity index (χ4v) is 1.14. The average Bonchev–Trinajstić information content (AvgIpc) is 2.40. The molecule has 0 fully saturated rings. The fourth-order valence-electron chi connectivity index (χ4n) is 1.14. The summed E-state index contributed by atoms with van der Waals surface area (Å²) < 4.78 is 1.72. The molecule has 0 spiro atoms. The third-order valence-corrected chi connectivity index (χ3v) is 2.59. The number of rotatable bonds is 4. The maximum atomic E-state index is 5.76. The molecule has 0 aromatic carbocycles. The monoisotopic (exact) mass is 196 g/mol. The number of nitrogen functional groups attached to an aromatic ring is 1. The SMILES string of the molecule is CC(C)C(C)CNc1nn(C)cc1N. The standard InChI is InChI=1S/C10H20N4/c1-7(2)8(3)5-12-10-9(11)6-14(4)13-10/h6-8H,5,11H2,1-4H3,(H,12,13). The summed E-state index contributed by atoms with van der Waals surface area (Å²) in [6.45, 7) is 7.57. The molecule has 0 bridgehead atoms. The lowest BCUT2D eigenvalue weighted by molar-refractivity contribution is 0.439. The number of aryl methyl sites for hydroxylation is 1.